The van der Waals surface area contributed by atoms with Gasteiger partial charge in [0.05, 0.1) is 10.6 Å². The van der Waals surface area contributed by atoms with Crippen molar-refractivity contribution in [1.82, 2.24) is 0 Å². The standard InChI is InChI=1S/C13H10F2N2O4S/c14-7-5-10(13(18)19)12(15)11(6-7)17-22(20,21)9-3-1-8(16)2-4-9/h1-6,17H,16H2,(H,18,19). The van der Waals surface area contributed by atoms with Crippen molar-refractivity contribution in [2.45, 2.75) is 4.90 Å². The van der Waals surface area contributed by atoms with Crippen LogP contribution in [0.5, 0.6) is 0 Å². The molecule has 22 heavy (non-hydrogen) atoms. The van der Waals surface area contributed by atoms with E-state index in [4.69, 9.17) is 10.8 Å². The number of nitrogens with one attached hydrogen (secondary N) is 1. The van der Waals surface area contributed by atoms with Crippen LogP contribution in [0.15, 0.2) is 41.3 Å². The highest BCUT2D eigenvalue weighted by atomic mass is 32.2. The van der Waals surface area contributed by atoms with E-state index in [1.165, 1.54) is 24.3 Å². The third-order valence-electron chi connectivity index (χ3n) is 2.70. The molecule has 0 aromatic heterocycles. The first-order valence-electron chi connectivity index (χ1n) is 5.81. The van der Waals surface area contributed by atoms with Crippen LogP contribution in [0, 0.1) is 11.6 Å². The van der Waals surface area contributed by atoms with E-state index in [1.807, 2.05) is 4.72 Å². The van der Waals surface area contributed by atoms with Crippen LogP contribution in [-0.4, -0.2) is 19.5 Å². The summed E-state index contributed by atoms with van der Waals surface area (Å²) in [7, 11) is -4.22. The molecule has 2 aromatic carbocycles. The number of hydrogen-bond donors (Lipinski definition) is 3. The van der Waals surface area contributed by atoms with E-state index in [0.29, 0.717) is 17.8 Å². The number of hydrogen-bond acceptors (Lipinski definition) is 4. The van der Waals surface area contributed by atoms with Crippen molar-refractivity contribution in [3.8, 4) is 0 Å². The molecule has 116 valence electrons. The summed E-state index contributed by atoms with van der Waals surface area (Å²) in [6.07, 6.45) is 0. The molecule has 0 bridgehead atoms. The van der Waals surface area contributed by atoms with Gasteiger partial charge in [-0.1, -0.05) is 0 Å². The van der Waals surface area contributed by atoms with Gasteiger partial charge in [-0.25, -0.2) is 22.0 Å². The smallest absolute Gasteiger partial charge is 0.338 e. The molecule has 4 N–H and O–H groups in total. The Hall–Kier alpha value is -2.68. The Bertz CT molecular complexity index is 836. The van der Waals surface area contributed by atoms with Crippen molar-refractivity contribution in [3.63, 3.8) is 0 Å². The molecule has 0 atom stereocenters. The number of nitrogens with two attached hydrogens (primary N) is 1. The maximum absolute atomic E-state index is 13.9. The predicted molar refractivity (Wildman–Crippen MR) is 75.0 cm³/mol. The summed E-state index contributed by atoms with van der Waals surface area (Å²) in [6.45, 7) is 0. The number of rotatable bonds is 4. The fourth-order valence-electron chi connectivity index (χ4n) is 1.67. The molecule has 2 rings (SSSR count). The third-order valence-corrected chi connectivity index (χ3v) is 4.08. The third kappa shape index (κ3) is 3.14. The van der Waals surface area contributed by atoms with Crippen LogP contribution in [0.2, 0.25) is 0 Å². The van der Waals surface area contributed by atoms with Gasteiger partial charge >= 0.3 is 5.97 Å². The Morgan fingerprint density at radius 3 is 2.27 bits per heavy atom. The summed E-state index contributed by atoms with van der Waals surface area (Å²) in [6, 6.07) is 5.99. The zero-order chi connectivity index (χ0) is 16.5. The molecule has 0 saturated carbocycles. The summed E-state index contributed by atoms with van der Waals surface area (Å²) >= 11 is 0. The number of carbonyl (C=O) groups is 1. The Labute approximate surface area is 124 Å². The minimum atomic E-state index is -4.22. The lowest BCUT2D eigenvalue weighted by Gasteiger charge is -2.10. The molecule has 0 aliphatic rings. The van der Waals surface area contributed by atoms with Crippen LogP contribution < -0.4 is 10.5 Å². The van der Waals surface area contributed by atoms with Crippen molar-refractivity contribution in [2.75, 3.05) is 10.5 Å². The zero-order valence-electron chi connectivity index (χ0n) is 10.9. The Kier molecular flexibility index (Phi) is 4.00. The Morgan fingerprint density at radius 2 is 1.73 bits per heavy atom. The van der Waals surface area contributed by atoms with Gasteiger partial charge in [-0.2, -0.15) is 0 Å². The monoisotopic (exact) mass is 328 g/mol. The second-order valence-corrected chi connectivity index (χ2v) is 5.98. The predicted octanol–water partition coefficient (Wildman–Crippen LogP) is 2.05. The Morgan fingerprint density at radius 1 is 1.14 bits per heavy atom. The quantitative estimate of drug-likeness (QED) is 0.744. The maximum Gasteiger partial charge on any atom is 0.338 e. The Balaban J connectivity index is 2.46. The highest BCUT2D eigenvalue weighted by Gasteiger charge is 2.21. The van der Waals surface area contributed by atoms with Gasteiger partial charge in [0.1, 0.15) is 11.4 Å². The number of carboxylic acids is 1. The maximum atomic E-state index is 13.9. The highest BCUT2D eigenvalue weighted by molar-refractivity contribution is 7.92. The van der Waals surface area contributed by atoms with Crippen molar-refractivity contribution < 1.29 is 27.1 Å². The van der Waals surface area contributed by atoms with E-state index in [9.17, 15) is 22.0 Å². The van der Waals surface area contributed by atoms with Gasteiger partial charge in [-0.05, 0) is 30.3 Å². The SMILES string of the molecule is Nc1ccc(S(=O)(=O)Nc2cc(F)cc(C(=O)O)c2F)cc1. The molecular weight excluding hydrogens is 318 g/mol. The van der Waals surface area contributed by atoms with E-state index >= 15 is 0 Å². The van der Waals surface area contributed by atoms with Crippen molar-refractivity contribution in [1.29, 1.82) is 0 Å². The molecule has 6 nitrogen and oxygen atoms in total. The number of sulfonamides is 1. The molecule has 9 heteroatoms. The van der Waals surface area contributed by atoms with E-state index in [2.05, 4.69) is 0 Å². The van der Waals surface area contributed by atoms with E-state index in [-0.39, 0.29) is 4.90 Å². The summed E-state index contributed by atoms with van der Waals surface area (Å²) in [5.41, 5.74) is 3.98. The average Bonchev–Trinajstić information content (AvgIpc) is 2.42. The molecule has 0 radical (unpaired) electrons. The summed E-state index contributed by atoms with van der Waals surface area (Å²) < 4.78 is 53.2. The van der Waals surface area contributed by atoms with Gasteiger partial charge in [0.2, 0.25) is 0 Å². The number of aromatic carboxylic acids is 1. The molecule has 0 spiro atoms. The average molecular weight is 328 g/mol. The van der Waals surface area contributed by atoms with E-state index in [1.54, 1.807) is 0 Å². The van der Waals surface area contributed by atoms with Gasteiger partial charge in [-0.15, -0.1) is 0 Å². The second-order valence-electron chi connectivity index (χ2n) is 4.29. The highest BCUT2D eigenvalue weighted by Crippen LogP contribution is 2.24. The molecule has 0 heterocycles. The van der Waals surface area contributed by atoms with Crippen LogP contribution in [0.4, 0.5) is 20.2 Å². The minimum Gasteiger partial charge on any atom is -0.478 e. The molecule has 0 aliphatic carbocycles. The molecular formula is C13H10F2N2O4S. The van der Waals surface area contributed by atoms with Gasteiger partial charge in [0.15, 0.2) is 5.82 Å². The van der Waals surface area contributed by atoms with Gasteiger partial charge < -0.3 is 10.8 Å². The minimum absolute atomic E-state index is 0.234. The summed E-state index contributed by atoms with van der Waals surface area (Å²) in [4.78, 5) is 10.6. The largest absolute Gasteiger partial charge is 0.478 e. The van der Waals surface area contributed by atoms with Crippen molar-refractivity contribution in [3.05, 3.63) is 53.6 Å². The summed E-state index contributed by atoms with van der Waals surface area (Å²) in [5, 5.41) is 8.76. The lowest BCUT2D eigenvalue weighted by molar-refractivity contribution is 0.0691. The van der Waals surface area contributed by atoms with Crippen LogP contribution in [0.1, 0.15) is 10.4 Å². The van der Waals surface area contributed by atoms with Crippen LogP contribution in [-0.2, 0) is 10.0 Å². The van der Waals surface area contributed by atoms with Gasteiger partial charge in [0, 0.05) is 11.8 Å². The van der Waals surface area contributed by atoms with Gasteiger partial charge in [-0.3, -0.25) is 4.72 Å². The number of nitrogen functional groups attached to an aromatic ring is 1. The fourth-order valence-corrected chi connectivity index (χ4v) is 2.72. The second kappa shape index (κ2) is 5.60. The first kappa shape index (κ1) is 15.7. The number of carboxylic acid groups (broad SMARTS) is 1. The van der Waals surface area contributed by atoms with Crippen LogP contribution >= 0.6 is 0 Å². The molecule has 0 unspecified atom stereocenters. The van der Waals surface area contributed by atoms with Crippen LogP contribution in [0.25, 0.3) is 0 Å². The number of anilines is 2. The molecule has 0 fully saturated rings. The first-order chi connectivity index (χ1) is 10.2. The zero-order valence-corrected chi connectivity index (χ0v) is 11.7. The summed E-state index contributed by atoms with van der Waals surface area (Å²) in [5.74, 6) is -4.19. The van der Waals surface area contributed by atoms with E-state index < -0.39 is 38.9 Å². The lowest BCUT2D eigenvalue weighted by atomic mass is 10.2. The van der Waals surface area contributed by atoms with Crippen molar-refractivity contribution in [2.24, 2.45) is 0 Å². The molecule has 0 aliphatic heterocycles. The first-order valence-corrected chi connectivity index (χ1v) is 7.30. The molecule has 0 amide bonds. The van der Waals surface area contributed by atoms with Gasteiger partial charge in [0.25, 0.3) is 10.0 Å². The van der Waals surface area contributed by atoms with E-state index in [0.717, 1.165) is 0 Å². The fraction of sp³-hybridized carbons (Fsp3) is 0. The molecule has 0 saturated heterocycles. The number of benzene rings is 2. The number of halogens is 2. The topological polar surface area (TPSA) is 109 Å². The van der Waals surface area contributed by atoms with Crippen LogP contribution in [0.3, 0.4) is 0 Å². The normalized spacial score (nSPS) is 11.2. The lowest BCUT2D eigenvalue weighted by Crippen LogP contribution is -2.15. The molecule has 2 aromatic rings. The van der Waals surface area contributed by atoms with Crippen molar-refractivity contribution >= 4 is 27.4 Å².